The van der Waals surface area contributed by atoms with Crippen LogP contribution in [0, 0.1) is 11.3 Å². The predicted molar refractivity (Wildman–Crippen MR) is 107 cm³/mol. The lowest BCUT2D eigenvalue weighted by Crippen LogP contribution is -2.42. The smallest absolute Gasteiger partial charge is 0.308 e. The topological polar surface area (TPSA) is 79.2 Å². The number of carbonyl (C=O) groups excluding carboxylic acids is 2. The Morgan fingerprint density at radius 3 is 2.39 bits per heavy atom. The molecule has 1 fully saturated rings. The van der Waals surface area contributed by atoms with Crippen LogP contribution >= 0.6 is 11.6 Å². The maximum Gasteiger partial charge on any atom is 0.308 e. The van der Waals surface area contributed by atoms with Gasteiger partial charge in [0.1, 0.15) is 11.8 Å². The van der Waals surface area contributed by atoms with E-state index in [1.165, 1.54) is 19.1 Å². The number of nitrogens with zero attached hydrogens (tertiary/aromatic N) is 1. The Balaban J connectivity index is 1.89. The van der Waals surface area contributed by atoms with Gasteiger partial charge in [0.05, 0.1) is 11.0 Å². The number of halogens is 1. The maximum absolute atomic E-state index is 13.3. The molecule has 0 heterocycles. The van der Waals surface area contributed by atoms with Crippen molar-refractivity contribution in [2.45, 2.75) is 44.4 Å². The van der Waals surface area contributed by atoms with Crippen molar-refractivity contribution in [1.29, 1.82) is 5.26 Å². The van der Waals surface area contributed by atoms with Gasteiger partial charge in [-0.25, -0.2) is 0 Å². The number of rotatable bonds is 4. The van der Waals surface area contributed by atoms with Gasteiger partial charge in [-0.1, -0.05) is 43.0 Å². The van der Waals surface area contributed by atoms with Crippen molar-refractivity contribution in [1.82, 2.24) is 0 Å². The second-order valence-corrected chi connectivity index (χ2v) is 7.46. The van der Waals surface area contributed by atoms with Gasteiger partial charge in [-0.3, -0.25) is 9.59 Å². The van der Waals surface area contributed by atoms with Crippen LogP contribution in [0.25, 0.3) is 0 Å². The molecular formula is C22H21ClN2O3. The van der Waals surface area contributed by atoms with E-state index in [2.05, 4.69) is 5.32 Å². The number of benzene rings is 2. The first kappa shape index (κ1) is 19.9. The Morgan fingerprint density at radius 1 is 1.11 bits per heavy atom. The molecule has 1 aliphatic rings. The molecule has 1 amide bonds. The minimum Gasteiger partial charge on any atom is -0.425 e. The highest BCUT2D eigenvalue weighted by Crippen LogP contribution is 2.41. The predicted octanol–water partition coefficient (Wildman–Crippen LogP) is 4.98. The summed E-state index contributed by atoms with van der Waals surface area (Å²) in [6, 6.07) is 14.1. The fraction of sp³-hybridized carbons (Fsp3) is 0.318. The van der Waals surface area contributed by atoms with E-state index >= 15 is 0 Å². The molecule has 1 saturated carbocycles. The van der Waals surface area contributed by atoms with E-state index < -0.39 is 11.4 Å². The van der Waals surface area contributed by atoms with Crippen LogP contribution in [0.3, 0.4) is 0 Å². The largest absolute Gasteiger partial charge is 0.425 e. The Hall–Kier alpha value is -2.84. The van der Waals surface area contributed by atoms with E-state index in [0.29, 0.717) is 10.7 Å². The number of ether oxygens (including phenoxy) is 1. The molecule has 2 aromatic carbocycles. The van der Waals surface area contributed by atoms with Crippen LogP contribution in [0.2, 0.25) is 5.02 Å². The quantitative estimate of drug-likeness (QED) is 0.584. The molecule has 5 nitrogen and oxygen atoms in total. The molecule has 28 heavy (non-hydrogen) atoms. The molecule has 6 heteroatoms. The van der Waals surface area contributed by atoms with Crippen LogP contribution in [-0.2, 0) is 15.0 Å². The van der Waals surface area contributed by atoms with Crippen LogP contribution < -0.4 is 10.1 Å². The number of hydrogen-bond acceptors (Lipinski definition) is 4. The monoisotopic (exact) mass is 396 g/mol. The van der Waals surface area contributed by atoms with Crippen molar-refractivity contribution < 1.29 is 14.3 Å². The number of carbonyl (C=O) groups is 2. The summed E-state index contributed by atoms with van der Waals surface area (Å²) in [5.74, 6) is -0.422. The van der Waals surface area contributed by atoms with Crippen molar-refractivity contribution in [2.75, 3.05) is 5.32 Å². The Morgan fingerprint density at radius 2 is 1.79 bits per heavy atom. The molecule has 0 bridgehead atoms. The molecule has 3 rings (SSSR count). The summed E-state index contributed by atoms with van der Waals surface area (Å²) in [6.07, 6.45) is 4.59. The first-order valence-electron chi connectivity index (χ1n) is 9.25. The lowest BCUT2D eigenvalue weighted by molar-refractivity contribution is -0.132. The van der Waals surface area contributed by atoms with Crippen molar-refractivity contribution in [3.05, 3.63) is 58.6 Å². The van der Waals surface area contributed by atoms with Crippen molar-refractivity contribution in [3.63, 3.8) is 0 Å². The molecule has 0 aromatic heterocycles. The van der Waals surface area contributed by atoms with Crippen LogP contribution in [0.5, 0.6) is 5.75 Å². The third-order valence-electron chi connectivity index (χ3n) is 5.15. The summed E-state index contributed by atoms with van der Waals surface area (Å²) in [5, 5.41) is 12.9. The summed E-state index contributed by atoms with van der Waals surface area (Å²) in [6.45, 7) is 1.27. The van der Waals surface area contributed by atoms with Gasteiger partial charge in [0.15, 0.2) is 0 Å². The van der Waals surface area contributed by atoms with Gasteiger partial charge in [-0.05, 0) is 48.7 Å². The van der Waals surface area contributed by atoms with Gasteiger partial charge < -0.3 is 10.1 Å². The Bertz CT molecular complexity index is 926. The average molecular weight is 397 g/mol. The zero-order chi connectivity index (χ0) is 20.1. The fourth-order valence-electron chi connectivity index (χ4n) is 3.76. The summed E-state index contributed by atoms with van der Waals surface area (Å²) in [7, 11) is 0. The zero-order valence-electron chi connectivity index (χ0n) is 15.6. The molecule has 0 radical (unpaired) electrons. The number of amides is 1. The van der Waals surface area contributed by atoms with Crippen LogP contribution in [0.1, 0.15) is 50.2 Å². The molecule has 144 valence electrons. The van der Waals surface area contributed by atoms with Gasteiger partial charge >= 0.3 is 5.97 Å². The number of anilines is 1. The van der Waals surface area contributed by atoms with Crippen LogP contribution in [-0.4, -0.2) is 11.9 Å². The van der Waals surface area contributed by atoms with Crippen molar-refractivity contribution in [2.24, 2.45) is 0 Å². The first-order valence-corrected chi connectivity index (χ1v) is 9.62. The third-order valence-corrected chi connectivity index (χ3v) is 5.40. The lowest BCUT2D eigenvalue weighted by atomic mass is 9.68. The number of hydrogen-bond donors (Lipinski definition) is 1. The molecule has 0 unspecified atom stereocenters. The first-order chi connectivity index (χ1) is 13.4. The van der Waals surface area contributed by atoms with Gasteiger partial charge in [0.2, 0.25) is 5.91 Å². The van der Waals surface area contributed by atoms with E-state index in [9.17, 15) is 14.9 Å². The standard InChI is InChI=1S/C22H21ClN2O3/c1-15(26)28-20-10-9-19(13-16(20)14-24)25-21(27)22(11-3-2-4-12-22)17-5-7-18(23)8-6-17/h5-10,13H,2-4,11-12H2,1H3,(H,25,27). The highest BCUT2D eigenvalue weighted by molar-refractivity contribution is 6.30. The second kappa shape index (κ2) is 8.45. The maximum atomic E-state index is 13.3. The van der Waals surface area contributed by atoms with Crippen LogP contribution in [0.15, 0.2) is 42.5 Å². The van der Waals surface area contributed by atoms with Gasteiger partial charge in [-0.2, -0.15) is 5.26 Å². The normalized spacial score (nSPS) is 15.3. The van der Waals surface area contributed by atoms with E-state index in [4.69, 9.17) is 16.3 Å². The Labute approximate surface area is 169 Å². The van der Waals surface area contributed by atoms with Crippen LogP contribution in [0.4, 0.5) is 5.69 Å². The minimum absolute atomic E-state index is 0.0985. The summed E-state index contributed by atoms with van der Waals surface area (Å²) in [4.78, 5) is 24.5. The molecule has 0 atom stereocenters. The fourth-order valence-corrected chi connectivity index (χ4v) is 3.89. The lowest BCUT2D eigenvalue weighted by Gasteiger charge is -2.36. The van der Waals surface area contributed by atoms with Crippen molar-refractivity contribution in [3.8, 4) is 11.8 Å². The van der Waals surface area contributed by atoms with Crippen molar-refractivity contribution >= 4 is 29.2 Å². The molecule has 0 spiro atoms. The average Bonchev–Trinajstić information content (AvgIpc) is 2.69. The van der Waals surface area contributed by atoms with E-state index in [1.54, 1.807) is 6.07 Å². The SMILES string of the molecule is CC(=O)Oc1ccc(NC(=O)C2(c3ccc(Cl)cc3)CCCCC2)cc1C#N. The summed E-state index contributed by atoms with van der Waals surface area (Å²) >= 11 is 6.02. The Kier molecular flexibility index (Phi) is 6.01. The molecule has 0 saturated heterocycles. The number of esters is 1. The molecule has 2 aromatic rings. The van der Waals surface area contributed by atoms with E-state index in [0.717, 1.165) is 37.7 Å². The molecule has 0 aliphatic heterocycles. The minimum atomic E-state index is -0.621. The van der Waals surface area contributed by atoms with E-state index in [1.807, 2.05) is 30.3 Å². The second-order valence-electron chi connectivity index (χ2n) is 7.02. The molecule has 1 aliphatic carbocycles. The molecule has 1 N–H and O–H groups in total. The summed E-state index contributed by atoms with van der Waals surface area (Å²) < 4.78 is 5.03. The van der Waals surface area contributed by atoms with Gasteiger partial charge in [0.25, 0.3) is 0 Å². The van der Waals surface area contributed by atoms with Gasteiger partial charge in [-0.15, -0.1) is 0 Å². The number of nitriles is 1. The van der Waals surface area contributed by atoms with E-state index in [-0.39, 0.29) is 17.2 Å². The third kappa shape index (κ3) is 4.18. The highest BCUT2D eigenvalue weighted by Gasteiger charge is 2.41. The van der Waals surface area contributed by atoms with Gasteiger partial charge in [0, 0.05) is 17.6 Å². The highest BCUT2D eigenvalue weighted by atomic mass is 35.5. The number of nitrogens with one attached hydrogen (secondary N) is 1. The zero-order valence-corrected chi connectivity index (χ0v) is 16.4. The summed E-state index contributed by atoms with van der Waals surface area (Å²) in [5.41, 5.74) is 1.02. The molecular weight excluding hydrogens is 376 g/mol.